The number of carbonyl (C=O) groups excluding carboxylic acids is 2. The van der Waals surface area contributed by atoms with Gasteiger partial charge in [-0.15, -0.1) is 0 Å². The molecule has 1 fully saturated rings. The molecule has 7 nitrogen and oxygen atoms in total. The first-order valence-electron chi connectivity index (χ1n) is 5.53. The van der Waals surface area contributed by atoms with Gasteiger partial charge in [0.05, 0.1) is 13.2 Å². The highest BCUT2D eigenvalue weighted by Crippen LogP contribution is 2.21. The van der Waals surface area contributed by atoms with Crippen molar-refractivity contribution < 1.29 is 24.0 Å². The van der Waals surface area contributed by atoms with Crippen molar-refractivity contribution in [1.29, 1.82) is 0 Å². The zero-order valence-corrected chi connectivity index (χ0v) is 10.1. The predicted octanol–water partition coefficient (Wildman–Crippen LogP) is -0.269. The number of likely N-dealkylation sites (tertiary alicyclic amines) is 1. The lowest BCUT2D eigenvalue weighted by Gasteiger charge is -2.20. The van der Waals surface area contributed by atoms with Crippen LogP contribution in [0.4, 0.5) is 0 Å². The fourth-order valence-electron chi connectivity index (χ4n) is 2.01. The molecule has 0 spiro atoms. The van der Waals surface area contributed by atoms with Crippen LogP contribution in [-0.4, -0.2) is 52.8 Å². The van der Waals surface area contributed by atoms with Crippen LogP contribution in [0.25, 0.3) is 0 Å². The molecule has 0 aliphatic carbocycles. The third-order valence-electron chi connectivity index (χ3n) is 2.86. The van der Waals surface area contributed by atoms with Crippen LogP contribution < -0.4 is 0 Å². The van der Waals surface area contributed by atoms with Gasteiger partial charge in [-0.1, -0.05) is 5.16 Å². The van der Waals surface area contributed by atoms with E-state index in [2.05, 4.69) is 9.89 Å². The lowest BCUT2D eigenvalue weighted by atomic mass is 10.2. The molecule has 0 saturated carbocycles. The molecule has 0 bridgehead atoms. The Kier molecular flexibility index (Phi) is 3.33. The van der Waals surface area contributed by atoms with Crippen molar-refractivity contribution in [2.75, 3.05) is 13.7 Å². The number of hydrogen-bond donors (Lipinski definition) is 1. The van der Waals surface area contributed by atoms with Gasteiger partial charge in [0.15, 0.2) is 5.69 Å². The molecule has 0 aromatic carbocycles. The van der Waals surface area contributed by atoms with E-state index >= 15 is 0 Å². The first-order chi connectivity index (χ1) is 8.52. The van der Waals surface area contributed by atoms with Gasteiger partial charge >= 0.3 is 5.97 Å². The Morgan fingerprint density at radius 2 is 2.33 bits per heavy atom. The second-order valence-electron chi connectivity index (χ2n) is 4.21. The highest BCUT2D eigenvalue weighted by molar-refractivity contribution is 5.95. The number of amides is 1. The van der Waals surface area contributed by atoms with Gasteiger partial charge in [0.25, 0.3) is 5.91 Å². The van der Waals surface area contributed by atoms with Gasteiger partial charge in [-0.25, -0.2) is 4.79 Å². The second-order valence-corrected chi connectivity index (χ2v) is 4.21. The number of β-amino-alcohol motifs (C(OH)–C–C–N with tert-alkyl or cyclic N) is 1. The van der Waals surface area contributed by atoms with E-state index in [0.29, 0.717) is 5.76 Å². The van der Waals surface area contributed by atoms with Crippen molar-refractivity contribution in [3.8, 4) is 0 Å². The summed E-state index contributed by atoms with van der Waals surface area (Å²) in [6, 6.07) is 0.718. The van der Waals surface area contributed by atoms with E-state index in [4.69, 9.17) is 4.52 Å². The Labute approximate surface area is 103 Å². The van der Waals surface area contributed by atoms with E-state index in [0.717, 1.165) is 0 Å². The van der Waals surface area contributed by atoms with Gasteiger partial charge in [0.1, 0.15) is 11.8 Å². The molecular formula is C11H14N2O5. The molecule has 1 N–H and O–H groups in total. The maximum Gasteiger partial charge on any atom is 0.328 e. The monoisotopic (exact) mass is 254 g/mol. The molecule has 1 aromatic rings. The molecule has 98 valence electrons. The van der Waals surface area contributed by atoms with Gasteiger partial charge in [-0.3, -0.25) is 4.79 Å². The van der Waals surface area contributed by atoms with Crippen molar-refractivity contribution in [2.45, 2.75) is 25.5 Å². The Morgan fingerprint density at radius 1 is 1.61 bits per heavy atom. The number of nitrogens with zero attached hydrogens (tertiary/aromatic N) is 2. The number of aliphatic hydroxyl groups is 1. The fraction of sp³-hybridized carbons (Fsp3) is 0.545. The number of aryl methyl sites for hydroxylation is 1. The number of esters is 1. The molecule has 0 radical (unpaired) electrons. The van der Waals surface area contributed by atoms with Crippen molar-refractivity contribution >= 4 is 11.9 Å². The summed E-state index contributed by atoms with van der Waals surface area (Å²) in [6.07, 6.45) is -0.555. The van der Waals surface area contributed by atoms with Gasteiger partial charge in [-0.05, 0) is 6.92 Å². The number of aromatic nitrogens is 1. The van der Waals surface area contributed by atoms with Crippen LogP contribution in [0.2, 0.25) is 0 Å². The van der Waals surface area contributed by atoms with Crippen LogP contribution in [-0.2, 0) is 9.53 Å². The Morgan fingerprint density at radius 3 is 2.89 bits per heavy atom. The predicted molar refractivity (Wildman–Crippen MR) is 58.7 cm³/mol. The van der Waals surface area contributed by atoms with Crippen molar-refractivity contribution in [2.24, 2.45) is 0 Å². The lowest BCUT2D eigenvalue weighted by molar-refractivity contribution is -0.145. The number of ether oxygens (including phenoxy) is 1. The number of rotatable bonds is 2. The van der Waals surface area contributed by atoms with E-state index in [9.17, 15) is 14.7 Å². The van der Waals surface area contributed by atoms with Crippen LogP contribution in [0.1, 0.15) is 22.7 Å². The summed E-state index contributed by atoms with van der Waals surface area (Å²) in [5.41, 5.74) is 0.121. The largest absolute Gasteiger partial charge is 0.467 e. The molecule has 2 unspecified atom stereocenters. The fourth-order valence-corrected chi connectivity index (χ4v) is 2.01. The molecule has 1 saturated heterocycles. The van der Waals surface area contributed by atoms with E-state index in [1.54, 1.807) is 6.92 Å². The summed E-state index contributed by atoms with van der Waals surface area (Å²) in [6.45, 7) is 1.75. The number of carbonyl (C=O) groups is 2. The minimum absolute atomic E-state index is 0.0878. The molecule has 2 rings (SSSR count). The molecule has 1 aromatic heterocycles. The molecule has 1 aliphatic heterocycles. The average Bonchev–Trinajstić information content (AvgIpc) is 2.93. The van der Waals surface area contributed by atoms with Gasteiger partial charge in [0.2, 0.25) is 0 Å². The normalized spacial score (nSPS) is 23.2. The molecule has 18 heavy (non-hydrogen) atoms. The van der Waals surface area contributed by atoms with E-state index in [1.807, 2.05) is 0 Å². The highest BCUT2D eigenvalue weighted by Gasteiger charge is 2.40. The van der Waals surface area contributed by atoms with Crippen LogP contribution >= 0.6 is 0 Å². The summed E-state index contributed by atoms with van der Waals surface area (Å²) in [5, 5.41) is 13.2. The van der Waals surface area contributed by atoms with E-state index < -0.39 is 24.0 Å². The van der Waals surface area contributed by atoms with Crippen molar-refractivity contribution in [1.82, 2.24) is 10.1 Å². The smallest absolute Gasteiger partial charge is 0.328 e. The quantitative estimate of drug-likeness (QED) is 0.730. The lowest BCUT2D eigenvalue weighted by Crippen LogP contribution is -2.41. The molecule has 2 heterocycles. The molecule has 7 heteroatoms. The van der Waals surface area contributed by atoms with E-state index in [1.165, 1.54) is 18.1 Å². The summed E-state index contributed by atoms with van der Waals surface area (Å²) < 4.78 is 9.43. The standard InChI is InChI=1S/C11H14N2O5/c1-6-3-8(12-18-6)10(15)13-5-7(14)4-9(13)11(16)17-2/h3,7,9,14H,4-5H2,1-2H3. The van der Waals surface area contributed by atoms with Gasteiger partial charge in [0, 0.05) is 19.0 Å². The van der Waals surface area contributed by atoms with Gasteiger partial charge in [-0.2, -0.15) is 0 Å². The molecular weight excluding hydrogens is 240 g/mol. The van der Waals surface area contributed by atoms with Crippen molar-refractivity contribution in [3.05, 3.63) is 17.5 Å². The maximum absolute atomic E-state index is 12.1. The number of aliphatic hydroxyl groups excluding tert-OH is 1. The third-order valence-corrected chi connectivity index (χ3v) is 2.86. The first-order valence-corrected chi connectivity index (χ1v) is 5.53. The van der Waals surface area contributed by atoms with E-state index in [-0.39, 0.29) is 18.7 Å². The molecule has 1 amide bonds. The number of hydrogen-bond acceptors (Lipinski definition) is 6. The first kappa shape index (κ1) is 12.6. The Balaban J connectivity index is 2.20. The van der Waals surface area contributed by atoms with Gasteiger partial charge < -0.3 is 19.3 Å². The Hall–Kier alpha value is -1.89. The minimum atomic E-state index is -0.769. The zero-order valence-electron chi connectivity index (χ0n) is 10.1. The van der Waals surface area contributed by atoms with Crippen LogP contribution in [0.5, 0.6) is 0 Å². The average molecular weight is 254 g/mol. The SMILES string of the molecule is COC(=O)C1CC(O)CN1C(=O)c1cc(C)on1. The summed E-state index contributed by atoms with van der Waals surface area (Å²) >= 11 is 0. The van der Waals surface area contributed by atoms with Crippen molar-refractivity contribution in [3.63, 3.8) is 0 Å². The second kappa shape index (κ2) is 4.77. The summed E-state index contributed by atoms with van der Waals surface area (Å²) in [7, 11) is 1.25. The maximum atomic E-state index is 12.1. The van der Waals surface area contributed by atoms with Crippen LogP contribution in [0.15, 0.2) is 10.6 Å². The Bertz CT molecular complexity index is 470. The van der Waals surface area contributed by atoms with Crippen LogP contribution in [0, 0.1) is 6.92 Å². The molecule has 2 atom stereocenters. The number of methoxy groups -OCH3 is 1. The minimum Gasteiger partial charge on any atom is -0.467 e. The molecule has 1 aliphatic rings. The topological polar surface area (TPSA) is 92.9 Å². The highest BCUT2D eigenvalue weighted by atomic mass is 16.5. The summed E-state index contributed by atoms with van der Waals surface area (Å²) in [4.78, 5) is 24.9. The summed E-state index contributed by atoms with van der Waals surface area (Å²) in [5.74, 6) is -0.480. The third kappa shape index (κ3) is 2.21. The zero-order chi connectivity index (χ0) is 13.3. The van der Waals surface area contributed by atoms with Crippen LogP contribution in [0.3, 0.4) is 0 Å².